The Hall–Kier alpha value is -7.04. The molecule has 2 fully saturated rings. The van der Waals surface area contributed by atoms with Gasteiger partial charge in [0.2, 0.25) is 47.3 Å². The van der Waals surface area contributed by atoms with E-state index in [1.165, 1.54) is 63.8 Å². The van der Waals surface area contributed by atoms with Gasteiger partial charge in [0.25, 0.3) is 11.8 Å². The van der Waals surface area contributed by atoms with E-state index in [1.54, 1.807) is 61.0 Å². The number of fused-ring (bicyclic) bond motifs is 7. The van der Waals surface area contributed by atoms with Crippen LogP contribution in [0.2, 0.25) is 0 Å². The van der Waals surface area contributed by atoms with Crippen LogP contribution in [0.1, 0.15) is 21.0 Å². The van der Waals surface area contributed by atoms with Crippen LogP contribution in [0.15, 0.2) is 60.7 Å². The molecule has 0 spiro atoms. The first-order chi connectivity index (χ1) is 36.2. The zero-order valence-electron chi connectivity index (χ0n) is 42.2. The van der Waals surface area contributed by atoms with Crippen molar-refractivity contribution in [1.29, 1.82) is 0 Å². The summed E-state index contributed by atoms with van der Waals surface area (Å²) in [6, 6.07) is 7.60. The van der Waals surface area contributed by atoms with Gasteiger partial charge < -0.3 is 61.7 Å². The number of nitrogens with zero attached hydrogens (tertiary/aromatic N) is 6. The third-order valence-corrected chi connectivity index (χ3v) is 16.3. The molecule has 2 saturated heterocycles. The fourth-order valence-electron chi connectivity index (χ4n) is 7.97. The van der Waals surface area contributed by atoms with Crippen LogP contribution in [-0.2, 0) is 38.4 Å². The third-order valence-electron chi connectivity index (χ3n) is 12.6. The lowest BCUT2D eigenvalue weighted by Gasteiger charge is -2.35. The molecule has 8 N–H and O–H groups in total. The monoisotopic (exact) mass is 1120 g/mol. The molecule has 0 unspecified atom stereocenters. The predicted molar refractivity (Wildman–Crippen MR) is 289 cm³/mol. The summed E-state index contributed by atoms with van der Waals surface area (Å²) in [5, 5.41) is 37.8. The first kappa shape index (κ1) is 58.2. The van der Waals surface area contributed by atoms with Crippen molar-refractivity contribution >= 4 is 126 Å². The molecule has 10 amide bonds. The van der Waals surface area contributed by atoms with Crippen LogP contribution in [0, 0.1) is 0 Å². The first-order valence-corrected chi connectivity index (χ1v) is 28.7. The highest BCUT2D eigenvalue weighted by Crippen LogP contribution is 2.28. The number of likely N-dealkylation sites (N-methyl/N-ethyl adjacent to an activating group) is 4. The summed E-state index contributed by atoms with van der Waals surface area (Å²) in [7, 11) is 7.46. The van der Waals surface area contributed by atoms with Gasteiger partial charge in [-0.1, -0.05) is 58.0 Å². The van der Waals surface area contributed by atoms with Gasteiger partial charge in [-0.2, -0.15) is 23.5 Å². The van der Waals surface area contributed by atoms with Gasteiger partial charge in [-0.3, -0.25) is 47.9 Å². The van der Waals surface area contributed by atoms with E-state index < -0.39 is 144 Å². The van der Waals surface area contributed by atoms with Crippen molar-refractivity contribution in [1.82, 2.24) is 61.5 Å². The van der Waals surface area contributed by atoms with Crippen molar-refractivity contribution in [3.8, 4) is 11.5 Å². The van der Waals surface area contributed by atoms with E-state index in [4.69, 9.17) is 0 Å². The van der Waals surface area contributed by atoms with Gasteiger partial charge in [0.05, 0.1) is 24.1 Å². The smallest absolute Gasteiger partial charge is 0.274 e. The number of hydrogen-bond donors (Lipinski definition) is 8. The predicted octanol–water partition coefficient (Wildman–Crippen LogP) is -1.00. The van der Waals surface area contributed by atoms with Crippen molar-refractivity contribution in [2.24, 2.45) is 0 Å². The Bertz CT molecular complexity index is 2710. The Morgan fingerprint density at radius 1 is 0.579 bits per heavy atom. The number of rotatable bonds is 8. The van der Waals surface area contributed by atoms with Crippen LogP contribution in [0.3, 0.4) is 0 Å². The van der Waals surface area contributed by atoms with E-state index in [0.717, 1.165) is 41.2 Å². The van der Waals surface area contributed by atoms with E-state index in [0.29, 0.717) is 21.8 Å². The number of thioether (sulfide) groups is 2. The topological polar surface area (TPSA) is 322 Å². The van der Waals surface area contributed by atoms with Gasteiger partial charge in [-0.15, -0.1) is 0 Å². The van der Waals surface area contributed by atoms with Crippen LogP contribution in [0.5, 0.6) is 11.5 Å². The second kappa shape index (κ2) is 26.6. The van der Waals surface area contributed by atoms with Crippen LogP contribution in [0.25, 0.3) is 21.8 Å². The molecule has 2 aliphatic heterocycles. The largest absolute Gasteiger partial charge is 0.505 e. The molecule has 0 aliphatic carbocycles. The van der Waals surface area contributed by atoms with E-state index in [9.17, 15) is 58.2 Å². The number of carbonyl (C=O) groups is 10. The minimum absolute atomic E-state index is 0.0142. The standard InChI is InChI=1S/C48H58N12O12S4/c1-57-33-23-75-76-24-34(48(72)60(4)32(22-74-6)44(68)50-17-29(41(65)51-19-37(57)63)55-45(69)39-35(61)15-25-11-7-9-13-27(25)53-39)58(2)38(64)20-52-42(66)30(18-49-43(67)31(21-73-5)59(3)47(33)71)56-46(70)40-36(62)16-26-12-8-10-14-28(26)54-40/h7-16,29-34,61-62H,17-24H2,1-6H3,(H,49,67)(H,50,68)(H,51,65)(H,52,66)(H,55,69)(H,56,70)/t29-,30-,31+,32+,33+,34+/m1/s1. The average molecular weight is 1120 g/mol. The normalized spacial score (nSPS) is 22.6. The van der Waals surface area contributed by atoms with Gasteiger partial charge in [-0.05, 0) is 36.8 Å². The number of benzene rings is 2. The number of amides is 10. The van der Waals surface area contributed by atoms with Crippen LogP contribution >= 0.6 is 45.1 Å². The highest BCUT2D eigenvalue weighted by atomic mass is 33.1. The number of aromatic nitrogens is 2. The van der Waals surface area contributed by atoms with E-state index in [2.05, 4.69) is 41.9 Å². The zero-order valence-corrected chi connectivity index (χ0v) is 45.5. The number of para-hydroxylation sites is 2. The number of carbonyl (C=O) groups excluding carboxylic acids is 10. The molecule has 2 aromatic carbocycles. The van der Waals surface area contributed by atoms with Crippen molar-refractivity contribution in [3.63, 3.8) is 0 Å². The van der Waals surface area contributed by atoms with E-state index >= 15 is 0 Å². The molecule has 28 heteroatoms. The van der Waals surface area contributed by atoms with Crippen molar-refractivity contribution < 1.29 is 58.2 Å². The molecule has 2 aromatic heterocycles. The van der Waals surface area contributed by atoms with Crippen LogP contribution in [0.4, 0.5) is 0 Å². The SMILES string of the molecule is CSC[C@H]1C(=O)NC[C@@H](NC(=O)c2nc3ccccc3cc2O)C(=O)NCC(=O)N(C)[C@H]2CSSC[C@@H](C(=O)N1C)N(C)C(=O)CNC(=O)[C@H](NC(=O)c1nc3ccccc3cc1O)CNC(=O)[C@H](CSC)N(C)C2=O. The van der Waals surface area contributed by atoms with Crippen molar-refractivity contribution in [2.75, 3.05) is 89.9 Å². The summed E-state index contributed by atoms with van der Waals surface area (Å²) in [4.78, 5) is 154. The summed E-state index contributed by atoms with van der Waals surface area (Å²) in [5.74, 6) is -9.77. The molecule has 76 heavy (non-hydrogen) atoms. The van der Waals surface area contributed by atoms with E-state index in [-0.39, 0.29) is 23.0 Å². The maximum atomic E-state index is 14.7. The summed E-state index contributed by atoms with van der Waals surface area (Å²) in [6.07, 6.45) is 3.37. The minimum atomic E-state index is -1.61. The van der Waals surface area contributed by atoms with Crippen LogP contribution < -0.4 is 31.9 Å². The van der Waals surface area contributed by atoms with Gasteiger partial charge in [0.15, 0.2) is 11.4 Å². The minimum Gasteiger partial charge on any atom is -0.505 e. The maximum Gasteiger partial charge on any atom is 0.274 e. The highest BCUT2D eigenvalue weighted by molar-refractivity contribution is 8.76. The van der Waals surface area contributed by atoms with Crippen molar-refractivity contribution in [3.05, 3.63) is 72.1 Å². The fourth-order valence-corrected chi connectivity index (χ4v) is 11.9. The Balaban J connectivity index is 1.36. The zero-order chi connectivity index (χ0) is 55.4. The average Bonchev–Trinajstić information content (AvgIpc) is 3.41. The Morgan fingerprint density at radius 3 is 1.32 bits per heavy atom. The number of aromatic hydroxyl groups is 2. The lowest BCUT2D eigenvalue weighted by Crippen LogP contribution is -2.61. The summed E-state index contributed by atoms with van der Waals surface area (Å²) < 4.78 is 0. The van der Waals surface area contributed by atoms with Gasteiger partial charge in [0.1, 0.15) is 47.8 Å². The van der Waals surface area contributed by atoms with Crippen LogP contribution in [-0.4, -0.2) is 225 Å². The Labute approximate surface area is 453 Å². The molecular formula is C48H58N12O12S4. The Kier molecular flexibility index (Phi) is 20.4. The fraction of sp³-hybridized carbons (Fsp3) is 0.417. The lowest BCUT2D eigenvalue weighted by atomic mass is 10.1. The second-order valence-electron chi connectivity index (χ2n) is 17.5. The first-order valence-electron chi connectivity index (χ1n) is 23.4. The molecule has 4 aromatic rings. The lowest BCUT2D eigenvalue weighted by molar-refractivity contribution is -0.146. The maximum absolute atomic E-state index is 14.7. The molecule has 24 nitrogen and oxygen atoms in total. The summed E-state index contributed by atoms with van der Waals surface area (Å²) in [6.45, 7) is -2.64. The molecule has 0 radical (unpaired) electrons. The molecular weight excluding hydrogens is 1060 g/mol. The van der Waals surface area contributed by atoms with Gasteiger partial charge >= 0.3 is 0 Å². The number of hydrogen-bond acceptors (Lipinski definition) is 18. The molecule has 6 atom stereocenters. The van der Waals surface area contributed by atoms with Crippen molar-refractivity contribution in [2.45, 2.75) is 36.3 Å². The van der Waals surface area contributed by atoms with E-state index in [1.807, 2.05) is 0 Å². The molecule has 4 heterocycles. The number of pyridine rings is 2. The molecule has 6 rings (SSSR count). The van der Waals surface area contributed by atoms with Gasteiger partial charge in [0, 0.05) is 75.1 Å². The highest BCUT2D eigenvalue weighted by Gasteiger charge is 2.39. The molecule has 0 saturated carbocycles. The summed E-state index contributed by atoms with van der Waals surface area (Å²) in [5.41, 5.74) is -0.171. The molecule has 406 valence electrons. The second-order valence-corrected chi connectivity index (χ2v) is 21.9. The molecule has 2 aliphatic rings. The quantitative estimate of drug-likeness (QED) is 0.0981. The number of nitrogens with one attached hydrogen (secondary N) is 6. The summed E-state index contributed by atoms with van der Waals surface area (Å²) >= 11 is 2.41. The Morgan fingerprint density at radius 2 is 0.947 bits per heavy atom. The third kappa shape index (κ3) is 14.1. The molecule has 2 bridgehead atoms. The van der Waals surface area contributed by atoms with Gasteiger partial charge in [-0.25, -0.2) is 9.97 Å².